The van der Waals surface area contributed by atoms with Crippen LogP contribution in [-0.2, 0) is 0 Å². The second kappa shape index (κ2) is 3.42. The minimum atomic E-state index is 0.786. The van der Waals surface area contributed by atoms with Gasteiger partial charge in [0.1, 0.15) is 11.5 Å². The first-order valence-electron chi connectivity index (χ1n) is 5.17. The zero-order chi connectivity index (χ0) is 11.0. The van der Waals surface area contributed by atoms with Crippen LogP contribution < -0.4 is 10.5 Å². The van der Waals surface area contributed by atoms with Crippen LogP contribution in [-0.4, -0.2) is 0 Å². The van der Waals surface area contributed by atoms with E-state index in [-0.39, 0.29) is 0 Å². The fourth-order valence-corrected chi connectivity index (χ4v) is 1.77. The second-order valence-electron chi connectivity index (χ2n) is 3.77. The molecule has 0 saturated carbocycles. The molecule has 0 spiro atoms. The molecule has 78 valence electrons. The molecule has 0 atom stereocenters. The Kier molecular flexibility index (Phi) is 1.93. The van der Waals surface area contributed by atoms with Crippen LogP contribution in [0.1, 0.15) is 11.1 Å². The number of benzene rings is 2. The molecule has 3 rings (SSSR count). The number of nitrogens with two attached hydrogens (primary N) is 1. The SMILES string of the molecule is Nc1ccc2c(c1)C=C2Oc1ccccc1. The van der Waals surface area contributed by atoms with Crippen LogP contribution in [0.5, 0.6) is 5.75 Å². The molecular formula is C14H11NO. The Morgan fingerprint density at radius 1 is 0.938 bits per heavy atom. The zero-order valence-electron chi connectivity index (χ0n) is 8.68. The van der Waals surface area contributed by atoms with Gasteiger partial charge in [-0.2, -0.15) is 0 Å². The van der Waals surface area contributed by atoms with Crippen LogP contribution >= 0.6 is 0 Å². The molecule has 0 radical (unpaired) electrons. The summed E-state index contributed by atoms with van der Waals surface area (Å²) >= 11 is 0. The van der Waals surface area contributed by atoms with E-state index in [9.17, 15) is 0 Å². The maximum Gasteiger partial charge on any atom is 0.135 e. The molecule has 0 unspecified atom stereocenters. The van der Waals surface area contributed by atoms with Crippen LogP contribution in [0.3, 0.4) is 0 Å². The number of para-hydroxylation sites is 1. The molecule has 2 heteroatoms. The van der Waals surface area contributed by atoms with Gasteiger partial charge in [-0.05, 0) is 42.0 Å². The van der Waals surface area contributed by atoms with Crippen LogP contribution in [0.15, 0.2) is 48.5 Å². The average molecular weight is 209 g/mol. The first-order valence-corrected chi connectivity index (χ1v) is 5.17. The summed E-state index contributed by atoms with van der Waals surface area (Å²) in [4.78, 5) is 0. The molecule has 0 amide bonds. The Hall–Kier alpha value is -2.22. The molecule has 0 heterocycles. The van der Waals surface area contributed by atoms with Gasteiger partial charge in [0.15, 0.2) is 0 Å². The van der Waals surface area contributed by atoms with Crippen molar-refractivity contribution in [3.63, 3.8) is 0 Å². The Morgan fingerprint density at radius 2 is 1.75 bits per heavy atom. The third-order valence-electron chi connectivity index (χ3n) is 2.60. The van der Waals surface area contributed by atoms with E-state index in [2.05, 4.69) is 0 Å². The molecule has 0 bridgehead atoms. The highest BCUT2D eigenvalue weighted by atomic mass is 16.5. The summed E-state index contributed by atoms with van der Waals surface area (Å²) in [6, 6.07) is 15.6. The molecule has 2 aromatic rings. The smallest absolute Gasteiger partial charge is 0.135 e. The molecule has 0 saturated heterocycles. The summed E-state index contributed by atoms with van der Waals surface area (Å²) in [6.45, 7) is 0. The van der Waals surface area contributed by atoms with Gasteiger partial charge in [-0.3, -0.25) is 0 Å². The van der Waals surface area contributed by atoms with Gasteiger partial charge in [0.25, 0.3) is 0 Å². The van der Waals surface area contributed by atoms with Gasteiger partial charge in [-0.25, -0.2) is 0 Å². The summed E-state index contributed by atoms with van der Waals surface area (Å²) in [5.41, 5.74) is 8.74. The maximum atomic E-state index is 5.74. The summed E-state index contributed by atoms with van der Waals surface area (Å²) in [5.74, 6) is 1.76. The largest absolute Gasteiger partial charge is 0.457 e. The second-order valence-corrected chi connectivity index (χ2v) is 3.77. The Morgan fingerprint density at radius 3 is 2.50 bits per heavy atom. The summed E-state index contributed by atoms with van der Waals surface area (Å²) < 4.78 is 5.74. The van der Waals surface area contributed by atoms with E-state index in [4.69, 9.17) is 10.5 Å². The molecule has 16 heavy (non-hydrogen) atoms. The molecule has 0 fully saturated rings. The van der Waals surface area contributed by atoms with Crippen molar-refractivity contribution in [3.8, 4) is 5.75 Å². The minimum absolute atomic E-state index is 0.786. The predicted molar refractivity (Wildman–Crippen MR) is 65.8 cm³/mol. The number of hydrogen-bond donors (Lipinski definition) is 1. The monoisotopic (exact) mass is 209 g/mol. The summed E-state index contributed by atoms with van der Waals surface area (Å²) in [7, 11) is 0. The number of fused-ring (bicyclic) bond motifs is 1. The van der Waals surface area contributed by atoms with Gasteiger partial charge < -0.3 is 10.5 Å². The lowest BCUT2D eigenvalue weighted by Crippen LogP contribution is -2.05. The average Bonchev–Trinajstić information content (AvgIpc) is 2.28. The first kappa shape index (κ1) is 9.04. The van der Waals surface area contributed by atoms with E-state index in [1.165, 1.54) is 0 Å². The van der Waals surface area contributed by atoms with Crippen LogP contribution in [0.25, 0.3) is 11.8 Å². The van der Waals surface area contributed by atoms with Crippen molar-refractivity contribution < 1.29 is 4.74 Å². The zero-order valence-corrected chi connectivity index (χ0v) is 8.68. The van der Waals surface area contributed by atoms with Crippen molar-refractivity contribution in [2.24, 2.45) is 0 Å². The van der Waals surface area contributed by atoms with Gasteiger partial charge in [0.05, 0.1) is 0 Å². The summed E-state index contributed by atoms with van der Waals surface area (Å²) in [6.07, 6.45) is 2.00. The van der Waals surface area contributed by atoms with Crippen LogP contribution in [0.4, 0.5) is 5.69 Å². The lowest BCUT2D eigenvalue weighted by molar-refractivity contribution is 0.514. The van der Waals surface area contributed by atoms with Crippen molar-refractivity contribution in [2.45, 2.75) is 0 Å². The number of nitrogen functional groups attached to an aromatic ring is 1. The summed E-state index contributed by atoms with van der Waals surface area (Å²) in [5, 5.41) is 0. The van der Waals surface area contributed by atoms with Gasteiger partial charge in [-0.15, -0.1) is 0 Å². The Labute approximate surface area is 94.0 Å². The molecule has 1 aliphatic rings. The number of hydrogen-bond acceptors (Lipinski definition) is 2. The normalized spacial score (nSPS) is 12.4. The standard InChI is InChI=1S/C14H11NO/c15-11-6-7-13-10(8-11)9-14(13)16-12-4-2-1-3-5-12/h1-9H,15H2. The highest BCUT2D eigenvalue weighted by Crippen LogP contribution is 2.35. The first-order chi connectivity index (χ1) is 7.83. The van der Waals surface area contributed by atoms with E-state index in [1.54, 1.807) is 0 Å². The van der Waals surface area contributed by atoms with Crippen molar-refractivity contribution in [1.82, 2.24) is 0 Å². The van der Waals surface area contributed by atoms with Gasteiger partial charge in [0.2, 0.25) is 0 Å². The Bertz CT molecular complexity index is 558. The van der Waals surface area contributed by atoms with Crippen molar-refractivity contribution in [3.05, 3.63) is 59.7 Å². The van der Waals surface area contributed by atoms with Crippen molar-refractivity contribution in [1.29, 1.82) is 0 Å². The topological polar surface area (TPSA) is 35.2 Å². The molecule has 2 aromatic carbocycles. The third kappa shape index (κ3) is 1.44. The molecule has 2 nitrogen and oxygen atoms in total. The molecule has 1 aliphatic carbocycles. The third-order valence-corrected chi connectivity index (χ3v) is 2.60. The Balaban J connectivity index is 1.84. The van der Waals surface area contributed by atoms with Crippen molar-refractivity contribution in [2.75, 3.05) is 5.73 Å². The van der Waals surface area contributed by atoms with Gasteiger partial charge in [0, 0.05) is 11.3 Å². The minimum Gasteiger partial charge on any atom is -0.457 e. The number of rotatable bonds is 2. The van der Waals surface area contributed by atoms with E-state index in [1.807, 2.05) is 54.6 Å². The van der Waals surface area contributed by atoms with Crippen molar-refractivity contribution >= 4 is 17.5 Å². The van der Waals surface area contributed by atoms with Crippen LogP contribution in [0.2, 0.25) is 0 Å². The van der Waals surface area contributed by atoms with E-state index < -0.39 is 0 Å². The van der Waals surface area contributed by atoms with Crippen LogP contribution in [0, 0.1) is 0 Å². The lowest BCUT2D eigenvalue weighted by atomic mass is 9.95. The number of anilines is 1. The number of ether oxygens (including phenoxy) is 1. The molecule has 0 aliphatic heterocycles. The predicted octanol–water partition coefficient (Wildman–Crippen LogP) is 3.16. The fourth-order valence-electron chi connectivity index (χ4n) is 1.77. The fraction of sp³-hybridized carbons (Fsp3) is 0. The molecular weight excluding hydrogens is 198 g/mol. The lowest BCUT2D eigenvalue weighted by Gasteiger charge is -2.20. The maximum absolute atomic E-state index is 5.74. The molecule has 0 aromatic heterocycles. The van der Waals surface area contributed by atoms with E-state index in [0.717, 1.165) is 28.3 Å². The highest BCUT2D eigenvalue weighted by Gasteiger charge is 2.18. The molecule has 2 N–H and O–H groups in total. The van der Waals surface area contributed by atoms with Gasteiger partial charge >= 0.3 is 0 Å². The van der Waals surface area contributed by atoms with E-state index >= 15 is 0 Å². The highest BCUT2D eigenvalue weighted by molar-refractivity contribution is 5.93. The van der Waals surface area contributed by atoms with E-state index in [0.29, 0.717) is 0 Å². The quantitative estimate of drug-likeness (QED) is 0.771. The van der Waals surface area contributed by atoms with Gasteiger partial charge in [-0.1, -0.05) is 18.2 Å².